The lowest BCUT2D eigenvalue weighted by atomic mass is 9.47. The number of allylic oxidation sites excluding steroid dienone is 1. The third kappa shape index (κ3) is 8.45. The van der Waals surface area contributed by atoms with Crippen LogP contribution in [0, 0.1) is 45.8 Å². The predicted octanol–water partition coefficient (Wildman–Crippen LogP) is 7.53. The molecule has 2 saturated heterocycles. The summed E-state index contributed by atoms with van der Waals surface area (Å²) in [6.07, 6.45) is 15.4. The first-order valence-corrected chi connectivity index (χ1v) is 20.8. The maximum absolute atomic E-state index is 13.6. The fraction of sp³-hybridized carbons (Fsp3) is 0.929. The van der Waals surface area contributed by atoms with Gasteiger partial charge in [0.25, 0.3) is 0 Å². The molecule has 0 bridgehead atoms. The zero-order valence-corrected chi connectivity index (χ0v) is 33.2. The predicted molar refractivity (Wildman–Crippen MR) is 202 cm³/mol. The van der Waals surface area contributed by atoms with Crippen molar-refractivity contribution in [3.8, 4) is 0 Å². The summed E-state index contributed by atoms with van der Waals surface area (Å²) in [5, 5.41) is 10.6. The molecule has 2 heterocycles. The number of carbonyl (C=O) groups is 1. The Morgan fingerprint density at radius 1 is 0.980 bits per heavy atom. The van der Waals surface area contributed by atoms with Crippen LogP contribution in [0.25, 0.3) is 0 Å². The van der Waals surface area contributed by atoms with Crippen LogP contribution in [-0.4, -0.2) is 87.5 Å². The third-order valence-corrected chi connectivity index (χ3v) is 14.4. The molecule has 286 valence electrons. The summed E-state index contributed by atoms with van der Waals surface area (Å²) in [5.41, 5.74) is 2.51. The molecule has 3 N–H and O–H groups in total. The number of nitrogens with one attached hydrogen (secondary N) is 3. The Morgan fingerprint density at radius 2 is 1.74 bits per heavy atom. The second-order valence-corrected chi connectivity index (χ2v) is 19.5. The highest BCUT2D eigenvalue weighted by molar-refractivity contribution is 5.68. The van der Waals surface area contributed by atoms with E-state index in [1.807, 2.05) is 4.90 Å². The standard InChI is InChI=1S/C42H74N4O4/c1-29(2)45-22-24-46(23-21-44-20-19-43-18-17-39(4,5)6)38(47)49-32-12-14-40(7)31(25-32)9-10-33-34(40)13-15-41(8)35(33)26-37-36(41)27-42(50-37)16-11-30(3)28-48-42/h9,29-30,32-37,43-45H,10-28H2,1-8H3/t30-,32+,33-,34+,35+,36+,37+,40+,41+,42-/m1/s1. The van der Waals surface area contributed by atoms with Gasteiger partial charge in [0, 0.05) is 64.6 Å². The molecule has 0 radical (unpaired) electrons. The topological polar surface area (TPSA) is 84.1 Å². The van der Waals surface area contributed by atoms with E-state index < -0.39 is 0 Å². The highest BCUT2D eigenvalue weighted by Gasteiger charge is 2.66. The number of hydrogen-bond donors (Lipinski definition) is 3. The normalized spacial score (nSPS) is 39.5. The molecule has 0 unspecified atom stereocenters. The first-order valence-electron chi connectivity index (χ1n) is 20.8. The van der Waals surface area contributed by atoms with Gasteiger partial charge in [0.15, 0.2) is 5.79 Å². The number of hydrogen-bond acceptors (Lipinski definition) is 7. The third-order valence-electron chi connectivity index (χ3n) is 14.4. The van der Waals surface area contributed by atoms with Gasteiger partial charge in [-0.1, -0.05) is 67.0 Å². The van der Waals surface area contributed by atoms with Crippen molar-refractivity contribution < 1.29 is 19.0 Å². The zero-order chi connectivity index (χ0) is 35.7. The van der Waals surface area contributed by atoms with E-state index in [2.05, 4.69) is 77.4 Å². The quantitative estimate of drug-likeness (QED) is 0.136. The second kappa shape index (κ2) is 15.7. The Balaban J connectivity index is 1.01. The van der Waals surface area contributed by atoms with Crippen molar-refractivity contribution in [2.24, 2.45) is 45.8 Å². The van der Waals surface area contributed by atoms with E-state index in [0.29, 0.717) is 47.9 Å². The van der Waals surface area contributed by atoms with Gasteiger partial charge in [-0.15, -0.1) is 0 Å². The van der Waals surface area contributed by atoms with Gasteiger partial charge in [-0.3, -0.25) is 0 Å². The molecule has 1 spiro atoms. The molecule has 50 heavy (non-hydrogen) atoms. The number of nitrogens with zero attached hydrogens (tertiary/aromatic N) is 1. The monoisotopic (exact) mass is 699 g/mol. The van der Waals surface area contributed by atoms with E-state index in [1.165, 1.54) is 38.5 Å². The van der Waals surface area contributed by atoms with Gasteiger partial charge in [-0.2, -0.15) is 0 Å². The van der Waals surface area contributed by atoms with Gasteiger partial charge < -0.3 is 35.1 Å². The molecule has 8 nitrogen and oxygen atoms in total. The summed E-state index contributed by atoms with van der Waals surface area (Å²) in [4.78, 5) is 15.5. The summed E-state index contributed by atoms with van der Waals surface area (Å²) in [6.45, 7) is 25.2. The fourth-order valence-electron chi connectivity index (χ4n) is 11.2. The van der Waals surface area contributed by atoms with Gasteiger partial charge in [0.1, 0.15) is 6.10 Å². The minimum absolute atomic E-state index is 0.0265. The fourth-order valence-corrected chi connectivity index (χ4v) is 11.2. The molecule has 3 saturated carbocycles. The van der Waals surface area contributed by atoms with Crippen molar-refractivity contribution in [3.63, 3.8) is 0 Å². The lowest BCUT2D eigenvalue weighted by molar-refractivity contribution is -0.255. The van der Waals surface area contributed by atoms with E-state index in [9.17, 15) is 4.79 Å². The van der Waals surface area contributed by atoms with Crippen molar-refractivity contribution in [1.29, 1.82) is 0 Å². The summed E-state index contributed by atoms with van der Waals surface area (Å²) < 4.78 is 19.7. The van der Waals surface area contributed by atoms with Gasteiger partial charge in [0.05, 0.1) is 12.7 Å². The maximum atomic E-state index is 13.6. The van der Waals surface area contributed by atoms with Crippen LogP contribution in [0.4, 0.5) is 4.79 Å². The van der Waals surface area contributed by atoms with E-state index in [-0.39, 0.29) is 23.4 Å². The van der Waals surface area contributed by atoms with Crippen molar-refractivity contribution in [2.45, 2.75) is 150 Å². The van der Waals surface area contributed by atoms with Crippen LogP contribution in [0.1, 0.15) is 126 Å². The number of rotatable bonds is 13. The zero-order valence-electron chi connectivity index (χ0n) is 33.2. The van der Waals surface area contributed by atoms with Crippen molar-refractivity contribution >= 4 is 6.09 Å². The minimum atomic E-state index is -0.297. The molecule has 6 aliphatic rings. The Bertz CT molecular complexity index is 1180. The van der Waals surface area contributed by atoms with E-state index >= 15 is 0 Å². The molecule has 0 aromatic carbocycles. The van der Waals surface area contributed by atoms with Gasteiger partial charge in [-0.25, -0.2) is 4.79 Å². The molecular formula is C42H74N4O4. The highest BCUT2D eigenvalue weighted by Crippen LogP contribution is 2.69. The van der Waals surface area contributed by atoms with E-state index in [0.717, 1.165) is 89.2 Å². The van der Waals surface area contributed by atoms with Gasteiger partial charge in [-0.05, 0) is 104 Å². The van der Waals surface area contributed by atoms with Gasteiger partial charge >= 0.3 is 6.09 Å². The van der Waals surface area contributed by atoms with Crippen molar-refractivity contribution in [2.75, 3.05) is 52.4 Å². The van der Waals surface area contributed by atoms with Crippen LogP contribution in [0.5, 0.6) is 0 Å². The summed E-state index contributed by atoms with van der Waals surface area (Å²) in [6, 6.07) is 0.392. The van der Waals surface area contributed by atoms with Gasteiger partial charge in [0.2, 0.25) is 0 Å². The molecule has 1 amide bonds. The highest BCUT2D eigenvalue weighted by atomic mass is 16.7. The smallest absolute Gasteiger partial charge is 0.410 e. The van der Waals surface area contributed by atoms with Crippen molar-refractivity contribution in [1.82, 2.24) is 20.9 Å². The molecule has 0 aromatic rings. The Kier molecular flexibility index (Phi) is 12.1. The molecule has 10 atom stereocenters. The van der Waals surface area contributed by atoms with E-state index in [4.69, 9.17) is 14.2 Å². The van der Waals surface area contributed by atoms with Crippen LogP contribution >= 0.6 is 0 Å². The lowest BCUT2D eigenvalue weighted by Gasteiger charge is -2.58. The van der Waals surface area contributed by atoms with Crippen LogP contribution < -0.4 is 16.0 Å². The van der Waals surface area contributed by atoms with Crippen LogP contribution in [0.3, 0.4) is 0 Å². The number of amides is 1. The molecule has 2 aliphatic heterocycles. The Hall–Kier alpha value is -1.19. The average Bonchev–Trinajstić information content (AvgIpc) is 3.54. The average molecular weight is 699 g/mol. The Morgan fingerprint density at radius 3 is 2.46 bits per heavy atom. The molecule has 8 heteroatoms. The Labute approximate surface area is 305 Å². The summed E-state index contributed by atoms with van der Waals surface area (Å²) >= 11 is 0. The molecule has 6 rings (SSSR count). The number of carbonyl (C=O) groups excluding carboxylic acids is 1. The molecule has 0 aromatic heterocycles. The summed E-state index contributed by atoms with van der Waals surface area (Å²) in [7, 11) is 0. The molecular weight excluding hydrogens is 624 g/mol. The van der Waals surface area contributed by atoms with E-state index in [1.54, 1.807) is 5.57 Å². The number of fused-ring (bicyclic) bond motifs is 7. The SMILES string of the molecule is CC(C)NCCN(CCNCCNCCC(C)(C)C)C(=O)O[C@H]1CC[C@@]2(C)C(=CC[C@H]3[C@@H]4C[C@@H]5O[C@]6(CC[C@@H](C)CO6)C[C@@H]5[C@@]4(C)CC[C@@H]32)C1. The summed E-state index contributed by atoms with van der Waals surface area (Å²) in [5.74, 6) is 3.20. The maximum Gasteiger partial charge on any atom is 0.410 e. The largest absolute Gasteiger partial charge is 0.446 e. The number of ether oxygens (including phenoxy) is 3. The van der Waals surface area contributed by atoms with Crippen LogP contribution in [-0.2, 0) is 14.2 Å². The molecule has 5 fully saturated rings. The first-order chi connectivity index (χ1) is 23.7. The molecule has 4 aliphatic carbocycles. The minimum Gasteiger partial charge on any atom is -0.446 e. The lowest BCUT2D eigenvalue weighted by Crippen LogP contribution is -2.51. The van der Waals surface area contributed by atoms with Crippen molar-refractivity contribution in [3.05, 3.63) is 11.6 Å². The van der Waals surface area contributed by atoms with Crippen LogP contribution in [0.2, 0.25) is 0 Å². The van der Waals surface area contributed by atoms with Crippen LogP contribution in [0.15, 0.2) is 11.6 Å². The first kappa shape index (κ1) is 38.5. The second-order valence-electron chi connectivity index (χ2n) is 19.5.